The van der Waals surface area contributed by atoms with Gasteiger partial charge in [0.15, 0.2) is 0 Å². The Labute approximate surface area is 119 Å². The number of hydrogen-bond donors (Lipinski definition) is 3. The number of nitriles is 1. The summed E-state index contributed by atoms with van der Waals surface area (Å²) < 4.78 is 0. The maximum absolute atomic E-state index is 9.51. The molecule has 1 aromatic rings. The van der Waals surface area contributed by atoms with Crippen LogP contribution in [0.1, 0.15) is 43.0 Å². The molecule has 0 atom stereocenters. The van der Waals surface area contributed by atoms with E-state index in [0.29, 0.717) is 17.8 Å². The van der Waals surface area contributed by atoms with Crippen LogP contribution in [0.4, 0.5) is 5.82 Å². The number of rotatable bonds is 5. The van der Waals surface area contributed by atoms with Crippen molar-refractivity contribution in [3.8, 4) is 6.07 Å². The highest BCUT2D eigenvalue weighted by Gasteiger charge is 2.28. The summed E-state index contributed by atoms with van der Waals surface area (Å²) in [4.78, 5) is 4.56. The minimum atomic E-state index is -0.832. The number of nitrogens with one attached hydrogen (secondary N) is 1. The Morgan fingerprint density at radius 2 is 2.05 bits per heavy atom. The summed E-state index contributed by atoms with van der Waals surface area (Å²) >= 11 is 0. The van der Waals surface area contributed by atoms with E-state index in [4.69, 9.17) is 0 Å². The SMILES string of the molecule is CCC(CO)(CO)Nc1nc2c(cc1C#N)CCCC2. The number of nitrogens with zero attached hydrogens (tertiary/aromatic N) is 2. The van der Waals surface area contributed by atoms with E-state index in [1.807, 2.05) is 13.0 Å². The quantitative estimate of drug-likeness (QED) is 0.755. The van der Waals surface area contributed by atoms with E-state index in [1.54, 1.807) is 0 Å². The lowest BCUT2D eigenvalue weighted by Crippen LogP contribution is -2.45. The monoisotopic (exact) mass is 275 g/mol. The minimum absolute atomic E-state index is 0.205. The summed E-state index contributed by atoms with van der Waals surface area (Å²) in [6.07, 6.45) is 4.69. The standard InChI is InChI=1S/C15H21N3O2/c1-2-15(9-19,10-20)18-14-12(8-16)7-11-5-3-4-6-13(11)17-14/h7,19-20H,2-6,9-10H2,1H3,(H,17,18). The van der Waals surface area contributed by atoms with E-state index < -0.39 is 5.54 Å². The van der Waals surface area contributed by atoms with Gasteiger partial charge in [-0.2, -0.15) is 5.26 Å². The molecule has 20 heavy (non-hydrogen) atoms. The lowest BCUT2D eigenvalue weighted by atomic mass is 9.94. The summed E-state index contributed by atoms with van der Waals surface area (Å²) in [6.45, 7) is 1.47. The average molecular weight is 275 g/mol. The van der Waals surface area contributed by atoms with Gasteiger partial charge in [0.05, 0.1) is 24.3 Å². The summed E-state index contributed by atoms with van der Waals surface area (Å²) in [7, 11) is 0. The third kappa shape index (κ3) is 2.77. The molecule has 5 heteroatoms. The molecule has 0 aromatic carbocycles. The number of aliphatic hydroxyl groups is 2. The average Bonchev–Trinajstić information content (AvgIpc) is 2.52. The highest BCUT2D eigenvalue weighted by atomic mass is 16.3. The third-order valence-electron chi connectivity index (χ3n) is 4.09. The van der Waals surface area contributed by atoms with Gasteiger partial charge in [-0.1, -0.05) is 6.92 Å². The van der Waals surface area contributed by atoms with Gasteiger partial charge in [0, 0.05) is 5.69 Å². The molecule has 0 saturated carbocycles. The molecule has 1 aliphatic rings. The Balaban J connectivity index is 2.38. The van der Waals surface area contributed by atoms with Crippen LogP contribution in [0.5, 0.6) is 0 Å². The van der Waals surface area contributed by atoms with E-state index in [-0.39, 0.29) is 13.2 Å². The molecule has 2 rings (SSSR count). The van der Waals surface area contributed by atoms with Crippen LogP contribution in [0.25, 0.3) is 0 Å². The number of hydrogen-bond acceptors (Lipinski definition) is 5. The van der Waals surface area contributed by atoms with E-state index in [9.17, 15) is 15.5 Å². The van der Waals surface area contributed by atoms with E-state index in [2.05, 4.69) is 16.4 Å². The summed E-state index contributed by atoms with van der Waals surface area (Å²) in [5, 5.41) is 31.4. The zero-order chi connectivity index (χ0) is 14.6. The van der Waals surface area contributed by atoms with Crippen molar-refractivity contribution in [3.63, 3.8) is 0 Å². The predicted octanol–water partition coefficient (Wildman–Crippen LogP) is 1.38. The van der Waals surface area contributed by atoms with Crippen LogP contribution in [0.2, 0.25) is 0 Å². The Morgan fingerprint density at radius 3 is 2.65 bits per heavy atom. The van der Waals surface area contributed by atoms with Crippen LogP contribution in [-0.2, 0) is 12.8 Å². The molecular weight excluding hydrogens is 254 g/mol. The molecule has 1 aromatic heterocycles. The first-order valence-electron chi connectivity index (χ1n) is 7.11. The smallest absolute Gasteiger partial charge is 0.144 e. The van der Waals surface area contributed by atoms with Crippen molar-refractivity contribution in [2.75, 3.05) is 18.5 Å². The van der Waals surface area contributed by atoms with Crippen molar-refractivity contribution in [1.29, 1.82) is 5.26 Å². The molecule has 0 amide bonds. The van der Waals surface area contributed by atoms with Crippen molar-refractivity contribution < 1.29 is 10.2 Å². The zero-order valence-corrected chi connectivity index (χ0v) is 11.8. The molecule has 0 saturated heterocycles. The lowest BCUT2D eigenvalue weighted by Gasteiger charge is -2.31. The molecule has 0 fully saturated rings. The van der Waals surface area contributed by atoms with Gasteiger partial charge >= 0.3 is 0 Å². The minimum Gasteiger partial charge on any atom is -0.394 e. The number of aryl methyl sites for hydroxylation is 2. The molecule has 0 spiro atoms. The van der Waals surface area contributed by atoms with Gasteiger partial charge in [-0.25, -0.2) is 4.98 Å². The van der Waals surface area contributed by atoms with Crippen molar-refractivity contribution in [1.82, 2.24) is 4.98 Å². The molecule has 0 bridgehead atoms. The van der Waals surface area contributed by atoms with Gasteiger partial charge in [-0.05, 0) is 43.7 Å². The van der Waals surface area contributed by atoms with Gasteiger partial charge in [-0.15, -0.1) is 0 Å². The van der Waals surface area contributed by atoms with Crippen LogP contribution >= 0.6 is 0 Å². The maximum atomic E-state index is 9.51. The van der Waals surface area contributed by atoms with E-state index in [1.165, 1.54) is 0 Å². The fraction of sp³-hybridized carbons (Fsp3) is 0.600. The van der Waals surface area contributed by atoms with Gasteiger partial charge in [-0.3, -0.25) is 0 Å². The fourth-order valence-corrected chi connectivity index (χ4v) is 2.51. The van der Waals surface area contributed by atoms with Crippen LogP contribution in [0.15, 0.2) is 6.07 Å². The number of aliphatic hydroxyl groups excluding tert-OH is 2. The molecule has 5 nitrogen and oxygen atoms in total. The molecule has 1 aliphatic carbocycles. The molecule has 108 valence electrons. The molecule has 3 N–H and O–H groups in total. The summed E-state index contributed by atoms with van der Waals surface area (Å²) in [5.74, 6) is 0.470. The number of fused-ring (bicyclic) bond motifs is 1. The lowest BCUT2D eigenvalue weighted by molar-refractivity contribution is 0.132. The number of pyridine rings is 1. The van der Waals surface area contributed by atoms with Gasteiger partial charge in [0.1, 0.15) is 11.9 Å². The van der Waals surface area contributed by atoms with E-state index >= 15 is 0 Å². The molecule has 0 unspecified atom stereocenters. The molecule has 0 radical (unpaired) electrons. The van der Waals surface area contributed by atoms with Crippen molar-refractivity contribution in [2.24, 2.45) is 0 Å². The van der Waals surface area contributed by atoms with Gasteiger partial charge in [0.25, 0.3) is 0 Å². The Morgan fingerprint density at radius 1 is 1.35 bits per heavy atom. The number of aromatic nitrogens is 1. The Hall–Kier alpha value is -1.64. The predicted molar refractivity (Wildman–Crippen MR) is 76.4 cm³/mol. The normalized spacial score (nSPS) is 14.5. The Bertz CT molecular complexity index is 510. The van der Waals surface area contributed by atoms with Crippen molar-refractivity contribution in [3.05, 3.63) is 22.9 Å². The first-order valence-corrected chi connectivity index (χ1v) is 7.11. The van der Waals surface area contributed by atoms with Crippen LogP contribution in [0.3, 0.4) is 0 Å². The van der Waals surface area contributed by atoms with Gasteiger partial charge in [0.2, 0.25) is 0 Å². The highest BCUT2D eigenvalue weighted by Crippen LogP contribution is 2.26. The summed E-state index contributed by atoms with van der Waals surface area (Å²) in [5.41, 5.74) is 1.82. The Kier molecular flexibility index (Phi) is 4.58. The first kappa shape index (κ1) is 14.8. The maximum Gasteiger partial charge on any atom is 0.144 e. The third-order valence-corrected chi connectivity index (χ3v) is 4.09. The second-order valence-electron chi connectivity index (χ2n) is 5.38. The first-order chi connectivity index (χ1) is 9.68. The van der Waals surface area contributed by atoms with Crippen LogP contribution < -0.4 is 5.32 Å². The second kappa shape index (κ2) is 6.21. The second-order valence-corrected chi connectivity index (χ2v) is 5.38. The topological polar surface area (TPSA) is 89.2 Å². The van der Waals surface area contributed by atoms with Crippen molar-refractivity contribution >= 4 is 5.82 Å². The van der Waals surface area contributed by atoms with Crippen LogP contribution in [-0.4, -0.2) is 33.9 Å². The zero-order valence-electron chi connectivity index (χ0n) is 11.8. The molecule has 1 heterocycles. The molecule has 0 aliphatic heterocycles. The van der Waals surface area contributed by atoms with Gasteiger partial charge < -0.3 is 15.5 Å². The van der Waals surface area contributed by atoms with Crippen LogP contribution in [0, 0.1) is 11.3 Å². The summed E-state index contributed by atoms with van der Waals surface area (Å²) in [6, 6.07) is 4.04. The van der Waals surface area contributed by atoms with Crippen molar-refractivity contribution in [2.45, 2.75) is 44.6 Å². The van der Waals surface area contributed by atoms with E-state index in [0.717, 1.165) is 36.9 Å². The fourth-order valence-electron chi connectivity index (χ4n) is 2.51. The molecular formula is C15H21N3O2. The highest BCUT2D eigenvalue weighted by molar-refractivity contribution is 5.56. The number of anilines is 1. The largest absolute Gasteiger partial charge is 0.394 e.